The molecule has 60 valence electrons. The molecule has 0 amide bonds. The van der Waals surface area contributed by atoms with Crippen molar-refractivity contribution in [1.82, 2.24) is 9.97 Å². The fourth-order valence-electron chi connectivity index (χ4n) is 0.606. The molecule has 1 rings (SSSR count). The standard InChI is InChI=1S/C6H8BrN3O/c1-11-6-9-3-4(2-8)5(7)10-6/h3H,2,8H2,1H3. The molecule has 0 aliphatic heterocycles. The number of hydrogen-bond acceptors (Lipinski definition) is 4. The van der Waals surface area contributed by atoms with Crippen molar-refractivity contribution < 1.29 is 4.74 Å². The van der Waals surface area contributed by atoms with Gasteiger partial charge < -0.3 is 10.5 Å². The summed E-state index contributed by atoms with van der Waals surface area (Å²) < 4.78 is 5.49. The molecule has 0 saturated heterocycles. The molecule has 2 N–H and O–H groups in total. The first-order valence-electron chi connectivity index (χ1n) is 3.03. The van der Waals surface area contributed by atoms with Crippen molar-refractivity contribution in [3.8, 4) is 6.01 Å². The molecule has 4 nitrogen and oxygen atoms in total. The largest absolute Gasteiger partial charge is 0.467 e. The van der Waals surface area contributed by atoms with Crippen LogP contribution in [-0.2, 0) is 6.54 Å². The smallest absolute Gasteiger partial charge is 0.317 e. The van der Waals surface area contributed by atoms with Gasteiger partial charge in [-0.25, -0.2) is 4.98 Å². The van der Waals surface area contributed by atoms with Gasteiger partial charge in [0.2, 0.25) is 0 Å². The number of aromatic nitrogens is 2. The normalized spacial score (nSPS) is 9.73. The van der Waals surface area contributed by atoms with Crippen LogP contribution < -0.4 is 10.5 Å². The van der Waals surface area contributed by atoms with Gasteiger partial charge in [0.05, 0.1) is 7.11 Å². The molecule has 1 aromatic heterocycles. The fourth-order valence-corrected chi connectivity index (χ4v) is 1.02. The molecular weight excluding hydrogens is 210 g/mol. The minimum atomic E-state index is 0.342. The van der Waals surface area contributed by atoms with Crippen LogP contribution in [0.1, 0.15) is 5.56 Å². The van der Waals surface area contributed by atoms with Gasteiger partial charge >= 0.3 is 6.01 Å². The SMILES string of the molecule is COc1ncc(CN)c(Br)n1. The van der Waals surface area contributed by atoms with E-state index in [0.29, 0.717) is 17.2 Å². The number of ether oxygens (including phenoxy) is 1. The second-order valence-electron chi connectivity index (χ2n) is 1.88. The van der Waals surface area contributed by atoms with Crippen molar-refractivity contribution in [2.75, 3.05) is 7.11 Å². The Balaban J connectivity index is 2.99. The lowest BCUT2D eigenvalue weighted by molar-refractivity contribution is 0.378. The highest BCUT2D eigenvalue weighted by atomic mass is 79.9. The van der Waals surface area contributed by atoms with Crippen LogP contribution in [0.4, 0.5) is 0 Å². The number of nitrogens with two attached hydrogens (primary N) is 1. The first kappa shape index (κ1) is 8.42. The van der Waals surface area contributed by atoms with Gasteiger partial charge in [-0.3, -0.25) is 0 Å². The predicted molar refractivity (Wildman–Crippen MR) is 44.2 cm³/mol. The van der Waals surface area contributed by atoms with E-state index in [4.69, 9.17) is 10.5 Å². The maximum Gasteiger partial charge on any atom is 0.317 e. The van der Waals surface area contributed by atoms with Crippen molar-refractivity contribution in [3.05, 3.63) is 16.4 Å². The van der Waals surface area contributed by atoms with Crippen LogP contribution in [0.5, 0.6) is 6.01 Å². The Bertz CT molecular complexity index is 254. The van der Waals surface area contributed by atoms with Crippen LogP contribution in [0, 0.1) is 0 Å². The van der Waals surface area contributed by atoms with E-state index in [1.807, 2.05) is 0 Å². The Kier molecular flexibility index (Phi) is 2.78. The average Bonchev–Trinajstić information content (AvgIpc) is 2.04. The number of rotatable bonds is 2. The highest BCUT2D eigenvalue weighted by molar-refractivity contribution is 9.10. The summed E-state index contributed by atoms with van der Waals surface area (Å²) in [4.78, 5) is 7.85. The van der Waals surface area contributed by atoms with Crippen molar-refractivity contribution in [1.29, 1.82) is 0 Å². The zero-order valence-corrected chi connectivity index (χ0v) is 7.63. The van der Waals surface area contributed by atoms with Gasteiger partial charge in [-0.05, 0) is 15.9 Å². The van der Waals surface area contributed by atoms with Crippen LogP contribution in [0.3, 0.4) is 0 Å². The third-order valence-corrected chi connectivity index (χ3v) is 1.88. The van der Waals surface area contributed by atoms with Crippen molar-refractivity contribution in [3.63, 3.8) is 0 Å². The topological polar surface area (TPSA) is 61.0 Å². The van der Waals surface area contributed by atoms with E-state index in [-0.39, 0.29) is 0 Å². The Hall–Kier alpha value is -0.680. The van der Waals surface area contributed by atoms with E-state index in [9.17, 15) is 0 Å². The van der Waals surface area contributed by atoms with Gasteiger partial charge in [-0.1, -0.05) is 0 Å². The van der Waals surface area contributed by atoms with Crippen LogP contribution in [-0.4, -0.2) is 17.1 Å². The zero-order valence-electron chi connectivity index (χ0n) is 6.04. The van der Waals surface area contributed by atoms with Crippen LogP contribution in [0.2, 0.25) is 0 Å². The van der Waals surface area contributed by atoms with Crippen LogP contribution >= 0.6 is 15.9 Å². The van der Waals surface area contributed by atoms with E-state index in [1.54, 1.807) is 6.20 Å². The predicted octanol–water partition coefficient (Wildman–Crippen LogP) is 0.706. The summed E-state index contributed by atoms with van der Waals surface area (Å²) in [5, 5.41) is 0. The average molecular weight is 218 g/mol. The number of methoxy groups -OCH3 is 1. The monoisotopic (exact) mass is 217 g/mol. The molecule has 0 fully saturated rings. The van der Waals surface area contributed by atoms with Crippen LogP contribution in [0.25, 0.3) is 0 Å². The number of halogens is 1. The Morgan fingerprint density at radius 2 is 2.45 bits per heavy atom. The van der Waals surface area contributed by atoms with Gasteiger partial charge in [0.1, 0.15) is 4.60 Å². The highest BCUT2D eigenvalue weighted by Gasteiger charge is 2.01. The van der Waals surface area contributed by atoms with E-state index in [2.05, 4.69) is 25.9 Å². The summed E-state index contributed by atoms with van der Waals surface area (Å²) in [6, 6.07) is 0.342. The maximum atomic E-state index is 5.39. The lowest BCUT2D eigenvalue weighted by atomic mass is 10.3. The summed E-state index contributed by atoms with van der Waals surface area (Å²) in [7, 11) is 1.52. The van der Waals surface area contributed by atoms with Gasteiger partial charge in [0.25, 0.3) is 0 Å². The van der Waals surface area contributed by atoms with E-state index < -0.39 is 0 Å². The molecule has 1 aromatic rings. The van der Waals surface area contributed by atoms with Crippen molar-refractivity contribution >= 4 is 15.9 Å². The van der Waals surface area contributed by atoms with E-state index >= 15 is 0 Å². The van der Waals surface area contributed by atoms with Gasteiger partial charge in [-0.15, -0.1) is 0 Å². The molecule has 0 aliphatic rings. The zero-order chi connectivity index (χ0) is 8.27. The summed E-state index contributed by atoms with van der Waals surface area (Å²) in [6.45, 7) is 0.421. The molecule has 0 atom stereocenters. The maximum absolute atomic E-state index is 5.39. The third kappa shape index (κ3) is 1.87. The molecule has 0 aromatic carbocycles. The van der Waals surface area contributed by atoms with E-state index in [1.165, 1.54) is 7.11 Å². The summed E-state index contributed by atoms with van der Waals surface area (Å²) in [5.41, 5.74) is 6.26. The van der Waals surface area contributed by atoms with E-state index in [0.717, 1.165) is 5.56 Å². The molecule has 11 heavy (non-hydrogen) atoms. The van der Waals surface area contributed by atoms with Crippen molar-refractivity contribution in [2.24, 2.45) is 5.73 Å². The van der Waals surface area contributed by atoms with Crippen molar-refractivity contribution in [2.45, 2.75) is 6.54 Å². The van der Waals surface area contributed by atoms with Crippen LogP contribution in [0.15, 0.2) is 10.8 Å². The summed E-state index contributed by atoms with van der Waals surface area (Å²) in [5.74, 6) is 0. The molecule has 0 saturated carbocycles. The number of nitrogens with zero attached hydrogens (tertiary/aromatic N) is 2. The quantitative estimate of drug-likeness (QED) is 0.742. The molecule has 0 unspecified atom stereocenters. The second-order valence-corrected chi connectivity index (χ2v) is 2.63. The van der Waals surface area contributed by atoms with Gasteiger partial charge in [-0.2, -0.15) is 4.98 Å². The number of hydrogen-bond donors (Lipinski definition) is 1. The molecule has 5 heteroatoms. The molecule has 0 aliphatic carbocycles. The van der Waals surface area contributed by atoms with Gasteiger partial charge in [0, 0.05) is 18.3 Å². The molecule has 0 spiro atoms. The first-order chi connectivity index (χ1) is 5.27. The Labute approximate surface area is 72.9 Å². The highest BCUT2D eigenvalue weighted by Crippen LogP contribution is 2.14. The lowest BCUT2D eigenvalue weighted by Gasteiger charge is -2.00. The summed E-state index contributed by atoms with van der Waals surface area (Å²) in [6.07, 6.45) is 1.63. The minimum absolute atomic E-state index is 0.342. The molecule has 1 heterocycles. The fraction of sp³-hybridized carbons (Fsp3) is 0.333. The van der Waals surface area contributed by atoms with Gasteiger partial charge in [0.15, 0.2) is 0 Å². The third-order valence-electron chi connectivity index (χ3n) is 1.19. The minimum Gasteiger partial charge on any atom is -0.467 e. The Morgan fingerprint density at radius 1 is 1.73 bits per heavy atom. The Morgan fingerprint density at radius 3 is 2.91 bits per heavy atom. The summed E-state index contributed by atoms with van der Waals surface area (Å²) >= 11 is 3.24. The lowest BCUT2D eigenvalue weighted by Crippen LogP contribution is -2.01. The molecule has 0 radical (unpaired) electrons. The molecule has 0 bridgehead atoms. The second kappa shape index (κ2) is 3.64. The molecular formula is C6H8BrN3O. The first-order valence-corrected chi connectivity index (χ1v) is 3.82.